The number of hydrogen-bond donors (Lipinski definition) is 2. The van der Waals surface area contributed by atoms with Crippen LogP contribution in [-0.4, -0.2) is 47.5 Å². The van der Waals surface area contributed by atoms with Gasteiger partial charge in [-0.3, -0.25) is 9.79 Å². The lowest BCUT2D eigenvalue weighted by molar-refractivity contribution is -0.137. The Hall–Kier alpha value is -4.33. The molecular formula is C26H23FN4O3. The van der Waals surface area contributed by atoms with Gasteiger partial charge in [-0.2, -0.15) is 0 Å². The highest BCUT2D eigenvalue weighted by Gasteiger charge is 2.20. The summed E-state index contributed by atoms with van der Waals surface area (Å²) in [6.07, 6.45) is 3.34. The number of halogens is 1. The molecule has 0 fully saturated rings. The lowest BCUT2D eigenvalue weighted by Gasteiger charge is -2.19. The maximum atomic E-state index is 14.1. The van der Waals surface area contributed by atoms with E-state index >= 15 is 0 Å². The molecule has 172 valence electrons. The van der Waals surface area contributed by atoms with Crippen LogP contribution >= 0.6 is 0 Å². The number of aromatic nitrogens is 2. The van der Waals surface area contributed by atoms with Crippen LogP contribution in [0.1, 0.15) is 12.5 Å². The zero-order chi connectivity index (χ0) is 24.2. The standard InChI is InChI=1S/C26H23FN4O3/c1-15(26(32)33)30-25-20-12-19(27)9-10-22(20)31-24(21(25)14-28-2)17-6-4-16(5-7-17)18-8-11-23(34-3)29-13-18/h4-15H,1-3H3,(H,30,31)(H,32,33)/t15-/m1/s1. The Labute approximate surface area is 196 Å². The van der Waals surface area contributed by atoms with Crippen LogP contribution in [0.5, 0.6) is 5.88 Å². The predicted molar refractivity (Wildman–Crippen MR) is 131 cm³/mol. The smallest absolute Gasteiger partial charge is 0.325 e. The quantitative estimate of drug-likeness (QED) is 0.377. The molecule has 2 aromatic heterocycles. The number of carboxylic acids is 1. The van der Waals surface area contributed by atoms with Crippen LogP contribution in [0.15, 0.2) is 65.8 Å². The fourth-order valence-electron chi connectivity index (χ4n) is 3.65. The summed E-state index contributed by atoms with van der Waals surface area (Å²) in [6.45, 7) is 1.53. The van der Waals surface area contributed by atoms with Crippen molar-refractivity contribution in [2.75, 3.05) is 19.5 Å². The number of pyridine rings is 2. The van der Waals surface area contributed by atoms with Crippen molar-refractivity contribution in [3.8, 4) is 28.3 Å². The van der Waals surface area contributed by atoms with Gasteiger partial charge in [0, 0.05) is 47.6 Å². The number of fused-ring (bicyclic) bond motifs is 1. The molecule has 1 atom stereocenters. The molecule has 2 aromatic carbocycles. The summed E-state index contributed by atoms with van der Waals surface area (Å²) >= 11 is 0. The zero-order valence-electron chi connectivity index (χ0n) is 18.9. The third kappa shape index (κ3) is 4.56. The summed E-state index contributed by atoms with van der Waals surface area (Å²) in [6, 6.07) is 14.8. The van der Waals surface area contributed by atoms with Crippen LogP contribution in [0.3, 0.4) is 0 Å². The van der Waals surface area contributed by atoms with Crippen molar-refractivity contribution in [3.63, 3.8) is 0 Å². The molecule has 0 spiro atoms. The van der Waals surface area contributed by atoms with Crippen molar-refractivity contribution in [1.29, 1.82) is 0 Å². The summed E-state index contributed by atoms with van der Waals surface area (Å²) in [7, 11) is 3.18. The lowest BCUT2D eigenvalue weighted by Crippen LogP contribution is -2.26. The van der Waals surface area contributed by atoms with Crippen molar-refractivity contribution in [2.24, 2.45) is 4.99 Å². The molecule has 0 radical (unpaired) electrons. The maximum Gasteiger partial charge on any atom is 0.325 e. The van der Waals surface area contributed by atoms with Crippen molar-refractivity contribution in [2.45, 2.75) is 13.0 Å². The van der Waals surface area contributed by atoms with E-state index in [1.165, 1.54) is 19.1 Å². The van der Waals surface area contributed by atoms with Crippen LogP contribution in [0.4, 0.5) is 10.1 Å². The minimum Gasteiger partial charge on any atom is -0.481 e. The molecular weight excluding hydrogens is 435 g/mol. The maximum absolute atomic E-state index is 14.1. The molecule has 8 heteroatoms. The Morgan fingerprint density at radius 3 is 2.44 bits per heavy atom. The van der Waals surface area contributed by atoms with Gasteiger partial charge in [0.15, 0.2) is 0 Å². The molecule has 7 nitrogen and oxygen atoms in total. The number of aliphatic carboxylic acids is 1. The van der Waals surface area contributed by atoms with Crippen LogP contribution in [0.25, 0.3) is 33.3 Å². The summed E-state index contributed by atoms with van der Waals surface area (Å²) in [5.74, 6) is -0.930. The second kappa shape index (κ2) is 9.66. The first-order valence-corrected chi connectivity index (χ1v) is 10.6. The first kappa shape index (κ1) is 22.8. The monoisotopic (exact) mass is 458 g/mol. The van der Waals surface area contributed by atoms with Gasteiger partial charge in [0.1, 0.15) is 11.9 Å². The number of benzene rings is 2. The van der Waals surface area contributed by atoms with E-state index in [4.69, 9.17) is 9.72 Å². The number of methoxy groups -OCH3 is 1. The molecule has 0 aliphatic rings. The molecule has 2 heterocycles. The van der Waals surface area contributed by atoms with Gasteiger partial charge < -0.3 is 15.2 Å². The Morgan fingerprint density at radius 1 is 1.12 bits per heavy atom. The highest BCUT2D eigenvalue weighted by molar-refractivity contribution is 6.07. The third-order valence-corrected chi connectivity index (χ3v) is 5.41. The SMILES string of the molecule is CN=Cc1c(-c2ccc(-c3ccc(OC)nc3)cc2)nc2ccc(F)cc2c1N[C@H](C)C(=O)O. The van der Waals surface area contributed by atoms with Crippen molar-refractivity contribution in [1.82, 2.24) is 9.97 Å². The largest absolute Gasteiger partial charge is 0.481 e. The number of carboxylic acid groups (broad SMARTS) is 1. The third-order valence-electron chi connectivity index (χ3n) is 5.41. The molecule has 0 aliphatic carbocycles. The van der Waals surface area contributed by atoms with Crippen molar-refractivity contribution in [3.05, 3.63) is 72.2 Å². The second-order valence-corrected chi connectivity index (χ2v) is 7.67. The van der Waals surface area contributed by atoms with Gasteiger partial charge in [-0.05, 0) is 36.8 Å². The van der Waals surface area contributed by atoms with Gasteiger partial charge in [-0.15, -0.1) is 0 Å². The first-order chi connectivity index (χ1) is 16.4. The van der Waals surface area contributed by atoms with Gasteiger partial charge in [0.25, 0.3) is 0 Å². The van der Waals surface area contributed by atoms with Gasteiger partial charge in [0.2, 0.25) is 5.88 Å². The number of aliphatic imine (C=N–C) groups is 1. The van der Waals surface area contributed by atoms with Crippen LogP contribution < -0.4 is 10.1 Å². The van der Waals surface area contributed by atoms with Crippen molar-refractivity contribution >= 4 is 28.8 Å². The number of ether oxygens (including phenoxy) is 1. The Morgan fingerprint density at radius 2 is 1.82 bits per heavy atom. The molecule has 0 amide bonds. The predicted octanol–water partition coefficient (Wildman–Crippen LogP) is 5.05. The Bertz CT molecular complexity index is 1370. The van der Waals surface area contributed by atoms with E-state index in [0.717, 1.165) is 16.7 Å². The lowest BCUT2D eigenvalue weighted by atomic mass is 9.98. The zero-order valence-corrected chi connectivity index (χ0v) is 18.9. The molecule has 2 N–H and O–H groups in total. The number of anilines is 1. The molecule has 0 aliphatic heterocycles. The molecule has 0 bridgehead atoms. The summed E-state index contributed by atoms with van der Waals surface area (Å²) in [5.41, 5.74) is 4.87. The normalized spacial score (nSPS) is 12.1. The fraction of sp³-hybridized carbons (Fsp3) is 0.154. The highest BCUT2D eigenvalue weighted by atomic mass is 19.1. The molecule has 4 aromatic rings. The van der Waals surface area contributed by atoms with Gasteiger partial charge in [-0.25, -0.2) is 14.4 Å². The van der Waals surface area contributed by atoms with E-state index in [1.54, 1.807) is 38.7 Å². The van der Waals surface area contributed by atoms with E-state index < -0.39 is 17.8 Å². The van der Waals surface area contributed by atoms with Gasteiger partial charge >= 0.3 is 5.97 Å². The van der Waals surface area contributed by atoms with Crippen LogP contribution in [-0.2, 0) is 4.79 Å². The minimum atomic E-state index is -1.03. The summed E-state index contributed by atoms with van der Waals surface area (Å²) < 4.78 is 19.2. The van der Waals surface area contributed by atoms with E-state index in [-0.39, 0.29) is 0 Å². The van der Waals surface area contributed by atoms with E-state index in [1.807, 2.05) is 30.3 Å². The minimum absolute atomic E-state index is 0.440. The molecule has 4 rings (SSSR count). The molecule has 0 saturated carbocycles. The average Bonchev–Trinajstić information content (AvgIpc) is 2.85. The molecule has 34 heavy (non-hydrogen) atoms. The highest BCUT2D eigenvalue weighted by Crippen LogP contribution is 2.35. The number of rotatable bonds is 7. The first-order valence-electron chi connectivity index (χ1n) is 10.6. The fourth-order valence-corrected chi connectivity index (χ4v) is 3.65. The van der Waals surface area contributed by atoms with Gasteiger partial charge in [-0.1, -0.05) is 24.3 Å². The average molecular weight is 458 g/mol. The van der Waals surface area contributed by atoms with Crippen molar-refractivity contribution < 1.29 is 19.0 Å². The van der Waals surface area contributed by atoms with Gasteiger partial charge in [0.05, 0.1) is 24.0 Å². The van der Waals surface area contributed by atoms with Crippen LogP contribution in [0.2, 0.25) is 0 Å². The summed E-state index contributed by atoms with van der Waals surface area (Å²) in [5, 5.41) is 12.9. The molecule has 0 saturated heterocycles. The van der Waals surface area contributed by atoms with E-state index in [9.17, 15) is 14.3 Å². The topological polar surface area (TPSA) is 96.7 Å². The number of hydrogen-bond acceptors (Lipinski definition) is 6. The van der Waals surface area contributed by atoms with Crippen LogP contribution in [0, 0.1) is 5.82 Å². The number of nitrogens with zero attached hydrogens (tertiary/aromatic N) is 3. The Balaban J connectivity index is 1.86. The second-order valence-electron chi connectivity index (χ2n) is 7.67. The Kier molecular flexibility index (Phi) is 6.49. The molecule has 0 unspecified atom stereocenters. The summed E-state index contributed by atoms with van der Waals surface area (Å²) in [4.78, 5) is 24.7. The number of carbonyl (C=O) groups is 1. The van der Waals surface area contributed by atoms with E-state index in [2.05, 4.69) is 15.3 Å². The van der Waals surface area contributed by atoms with E-state index in [0.29, 0.717) is 33.7 Å². The number of nitrogens with one attached hydrogen (secondary N) is 1.